The van der Waals surface area contributed by atoms with Gasteiger partial charge in [-0.25, -0.2) is 14.8 Å². The van der Waals surface area contributed by atoms with Crippen LogP contribution in [0, 0.1) is 0 Å². The minimum Gasteiger partial charge on any atom is -0.497 e. The predicted octanol–water partition coefficient (Wildman–Crippen LogP) is 1.62. The van der Waals surface area contributed by atoms with Crippen molar-refractivity contribution in [3.8, 4) is 22.9 Å². The summed E-state index contributed by atoms with van der Waals surface area (Å²) in [4.78, 5) is 18.6. The highest BCUT2D eigenvalue weighted by Gasteiger charge is 2.04. The van der Waals surface area contributed by atoms with E-state index in [0.717, 1.165) is 11.3 Å². The second-order valence-electron chi connectivity index (χ2n) is 3.65. The van der Waals surface area contributed by atoms with Gasteiger partial charge < -0.3 is 14.6 Å². The summed E-state index contributed by atoms with van der Waals surface area (Å²) in [6, 6.07) is 7.30. The molecule has 0 fully saturated rings. The second kappa shape index (κ2) is 5.81. The first-order chi connectivity index (χ1) is 9.19. The summed E-state index contributed by atoms with van der Waals surface area (Å²) in [5, 5.41) is 8.48. The summed E-state index contributed by atoms with van der Waals surface area (Å²) in [5.74, 6) is 0.564. The molecule has 1 heterocycles. The third kappa shape index (κ3) is 3.41. The lowest BCUT2D eigenvalue weighted by Gasteiger charge is -2.04. The molecule has 0 aliphatic heterocycles. The van der Waals surface area contributed by atoms with Crippen LogP contribution >= 0.6 is 0 Å². The third-order valence-electron chi connectivity index (χ3n) is 2.34. The highest BCUT2D eigenvalue weighted by atomic mass is 16.5. The molecule has 1 aromatic heterocycles. The van der Waals surface area contributed by atoms with Crippen molar-refractivity contribution in [2.24, 2.45) is 0 Å². The lowest BCUT2D eigenvalue weighted by atomic mass is 10.2. The molecule has 0 amide bonds. The first-order valence-corrected chi connectivity index (χ1v) is 5.50. The molecule has 6 nitrogen and oxygen atoms in total. The molecule has 0 atom stereocenters. The molecule has 0 radical (unpaired) electrons. The Kier molecular flexibility index (Phi) is 3.92. The second-order valence-corrected chi connectivity index (χ2v) is 3.65. The number of carboxylic acid groups (broad SMARTS) is 1. The monoisotopic (exact) mass is 260 g/mol. The van der Waals surface area contributed by atoms with Crippen LogP contribution in [0.1, 0.15) is 0 Å². The van der Waals surface area contributed by atoms with Gasteiger partial charge in [-0.1, -0.05) is 0 Å². The van der Waals surface area contributed by atoms with Gasteiger partial charge in [-0.3, -0.25) is 0 Å². The summed E-state index contributed by atoms with van der Waals surface area (Å²) in [7, 11) is 1.60. The Bertz CT molecular complexity index is 552. The van der Waals surface area contributed by atoms with E-state index in [9.17, 15) is 4.79 Å². The van der Waals surface area contributed by atoms with E-state index < -0.39 is 12.6 Å². The van der Waals surface area contributed by atoms with Crippen LogP contribution in [-0.2, 0) is 4.79 Å². The van der Waals surface area contributed by atoms with Crippen LogP contribution in [0.25, 0.3) is 11.4 Å². The number of ether oxygens (including phenoxy) is 2. The van der Waals surface area contributed by atoms with Gasteiger partial charge in [0.15, 0.2) is 18.2 Å². The molecule has 0 spiro atoms. The average molecular weight is 260 g/mol. The Morgan fingerprint density at radius 3 is 2.32 bits per heavy atom. The smallest absolute Gasteiger partial charge is 0.341 e. The van der Waals surface area contributed by atoms with Crippen LogP contribution in [0.15, 0.2) is 36.7 Å². The molecular weight excluding hydrogens is 248 g/mol. The highest BCUT2D eigenvalue weighted by molar-refractivity contribution is 5.68. The largest absolute Gasteiger partial charge is 0.497 e. The predicted molar refractivity (Wildman–Crippen MR) is 67.2 cm³/mol. The number of hydrogen-bond donors (Lipinski definition) is 1. The Labute approximate surface area is 109 Å². The van der Waals surface area contributed by atoms with Gasteiger partial charge >= 0.3 is 5.97 Å². The van der Waals surface area contributed by atoms with Gasteiger partial charge in [0, 0.05) is 5.56 Å². The van der Waals surface area contributed by atoms with Crippen molar-refractivity contribution in [2.75, 3.05) is 13.7 Å². The van der Waals surface area contributed by atoms with Crippen molar-refractivity contribution >= 4 is 5.97 Å². The standard InChI is InChI=1S/C13H12N2O4/c1-18-10-4-2-9(3-5-10)13-14-6-11(7-15-13)19-8-12(16)17/h2-7H,8H2,1H3,(H,16,17). The van der Waals surface area contributed by atoms with Gasteiger partial charge in [-0.15, -0.1) is 0 Å². The zero-order chi connectivity index (χ0) is 13.7. The lowest BCUT2D eigenvalue weighted by Crippen LogP contribution is -2.09. The van der Waals surface area contributed by atoms with Gasteiger partial charge in [-0.05, 0) is 24.3 Å². The van der Waals surface area contributed by atoms with Crippen molar-refractivity contribution in [3.05, 3.63) is 36.7 Å². The Morgan fingerprint density at radius 1 is 1.16 bits per heavy atom. The fourth-order valence-corrected chi connectivity index (χ4v) is 1.42. The number of aliphatic carboxylic acids is 1. The van der Waals surface area contributed by atoms with E-state index in [2.05, 4.69) is 9.97 Å². The van der Waals surface area contributed by atoms with Crippen molar-refractivity contribution < 1.29 is 19.4 Å². The summed E-state index contributed by atoms with van der Waals surface area (Å²) in [6.07, 6.45) is 2.88. The molecular formula is C13H12N2O4. The Hall–Kier alpha value is -2.63. The third-order valence-corrected chi connectivity index (χ3v) is 2.34. The Morgan fingerprint density at radius 2 is 1.79 bits per heavy atom. The Balaban J connectivity index is 2.10. The van der Waals surface area contributed by atoms with Gasteiger partial charge in [0.2, 0.25) is 0 Å². The maximum atomic E-state index is 10.3. The summed E-state index contributed by atoms with van der Waals surface area (Å²) < 4.78 is 10.0. The fourth-order valence-electron chi connectivity index (χ4n) is 1.42. The van der Waals surface area contributed by atoms with E-state index in [-0.39, 0.29) is 0 Å². The minimum atomic E-state index is -1.04. The molecule has 0 aliphatic rings. The molecule has 0 saturated heterocycles. The quantitative estimate of drug-likeness (QED) is 0.879. The van der Waals surface area contributed by atoms with Crippen molar-refractivity contribution in [3.63, 3.8) is 0 Å². The number of rotatable bonds is 5. The normalized spacial score (nSPS) is 9.95. The number of benzene rings is 1. The summed E-state index contributed by atoms with van der Waals surface area (Å²) >= 11 is 0. The van der Waals surface area contributed by atoms with E-state index in [1.54, 1.807) is 7.11 Å². The molecule has 1 aromatic carbocycles. The zero-order valence-corrected chi connectivity index (χ0v) is 10.2. The highest BCUT2D eigenvalue weighted by Crippen LogP contribution is 2.19. The minimum absolute atomic E-state index is 0.319. The van der Waals surface area contributed by atoms with Gasteiger partial charge in [-0.2, -0.15) is 0 Å². The summed E-state index contributed by atoms with van der Waals surface area (Å²) in [6.45, 7) is -0.411. The first-order valence-electron chi connectivity index (χ1n) is 5.50. The molecule has 0 aliphatic carbocycles. The SMILES string of the molecule is COc1ccc(-c2ncc(OCC(=O)O)cn2)cc1. The average Bonchev–Trinajstić information content (AvgIpc) is 2.46. The van der Waals surface area contributed by atoms with Crippen molar-refractivity contribution in [1.82, 2.24) is 9.97 Å². The van der Waals surface area contributed by atoms with Crippen LogP contribution in [0.5, 0.6) is 11.5 Å². The topological polar surface area (TPSA) is 81.5 Å². The molecule has 0 bridgehead atoms. The van der Waals surface area contributed by atoms with E-state index in [1.807, 2.05) is 24.3 Å². The van der Waals surface area contributed by atoms with E-state index in [4.69, 9.17) is 14.6 Å². The maximum Gasteiger partial charge on any atom is 0.341 e. The first kappa shape index (κ1) is 12.8. The van der Waals surface area contributed by atoms with Crippen molar-refractivity contribution in [2.45, 2.75) is 0 Å². The lowest BCUT2D eigenvalue weighted by molar-refractivity contribution is -0.139. The number of methoxy groups -OCH3 is 1. The zero-order valence-electron chi connectivity index (χ0n) is 10.2. The van der Waals surface area contributed by atoms with Crippen LogP contribution in [0.3, 0.4) is 0 Å². The van der Waals surface area contributed by atoms with Gasteiger partial charge in [0.05, 0.1) is 19.5 Å². The number of aromatic nitrogens is 2. The molecule has 19 heavy (non-hydrogen) atoms. The number of nitrogens with zero attached hydrogens (tertiary/aromatic N) is 2. The molecule has 98 valence electrons. The van der Waals surface area contributed by atoms with Crippen LogP contribution < -0.4 is 9.47 Å². The van der Waals surface area contributed by atoms with Crippen LogP contribution in [0.2, 0.25) is 0 Å². The molecule has 6 heteroatoms. The molecule has 0 saturated carbocycles. The van der Waals surface area contributed by atoms with E-state index in [1.165, 1.54) is 12.4 Å². The van der Waals surface area contributed by atoms with E-state index >= 15 is 0 Å². The molecule has 2 rings (SSSR count). The molecule has 1 N–H and O–H groups in total. The van der Waals surface area contributed by atoms with E-state index in [0.29, 0.717) is 11.6 Å². The number of carbonyl (C=O) groups is 1. The summed E-state index contributed by atoms with van der Waals surface area (Å²) in [5.41, 5.74) is 0.839. The van der Waals surface area contributed by atoms with Crippen LogP contribution in [-0.4, -0.2) is 34.8 Å². The molecule has 0 unspecified atom stereocenters. The van der Waals surface area contributed by atoms with Gasteiger partial charge in [0.1, 0.15) is 5.75 Å². The number of hydrogen-bond acceptors (Lipinski definition) is 5. The van der Waals surface area contributed by atoms with Gasteiger partial charge in [0.25, 0.3) is 0 Å². The number of carboxylic acids is 1. The maximum absolute atomic E-state index is 10.3. The molecule has 2 aromatic rings. The van der Waals surface area contributed by atoms with Crippen LogP contribution in [0.4, 0.5) is 0 Å². The fraction of sp³-hybridized carbons (Fsp3) is 0.154. The van der Waals surface area contributed by atoms with Crippen molar-refractivity contribution in [1.29, 1.82) is 0 Å².